The molecule has 7 heteroatoms. The number of amides is 2. The van der Waals surface area contributed by atoms with Crippen LogP contribution in [-0.2, 0) is 0 Å². The molecule has 7 nitrogen and oxygen atoms in total. The highest BCUT2D eigenvalue weighted by atomic mass is 16.4. The van der Waals surface area contributed by atoms with Crippen molar-refractivity contribution in [3.05, 3.63) is 46.0 Å². The molecule has 0 spiro atoms. The lowest BCUT2D eigenvalue weighted by molar-refractivity contribution is -0.177. The number of carbonyl (C=O) groups is 1. The van der Waals surface area contributed by atoms with Gasteiger partial charge in [-0.15, -0.1) is 0 Å². The van der Waals surface area contributed by atoms with E-state index in [4.69, 9.17) is 4.42 Å². The second-order valence-electron chi connectivity index (χ2n) is 13.1. The molecule has 5 aliphatic rings. The summed E-state index contributed by atoms with van der Waals surface area (Å²) in [5.74, 6) is 0.964. The molecular formula is C30H43N3O4. The van der Waals surface area contributed by atoms with Gasteiger partial charge in [0.2, 0.25) is 0 Å². The molecule has 0 aromatic carbocycles. The first-order chi connectivity index (χ1) is 17.6. The van der Waals surface area contributed by atoms with Crippen LogP contribution in [0.25, 0.3) is 0 Å². The number of hydrogen-bond acceptors (Lipinski definition) is 5. The van der Waals surface area contributed by atoms with Crippen molar-refractivity contribution in [1.29, 1.82) is 0 Å². The molecule has 7 atom stereocenters. The molecule has 4 aliphatic carbocycles. The zero-order valence-electron chi connectivity index (χ0n) is 22.7. The summed E-state index contributed by atoms with van der Waals surface area (Å²) in [6.07, 6.45) is 11.9. The third-order valence-electron chi connectivity index (χ3n) is 11.5. The summed E-state index contributed by atoms with van der Waals surface area (Å²) in [4.78, 5) is 28.7. The quantitative estimate of drug-likeness (QED) is 0.586. The first-order valence-corrected chi connectivity index (χ1v) is 14.4. The Morgan fingerprint density at radius 2 is 1.81 bits per heavy atom. The van der Waals surface area contributed by atoms with E-state index in [1.165, 1.54) is 11.6 Å². The van der Waals surface area contributed by atoms with Gasteiger partial charge in [0.15, 0.2) is 0 Å². The van der Waals surface area contributed by atoms with Crippen LogP contribution in [0.2, 0.25) is 0 Å². The largest absolute Gasteiger partial charge is 0.431 e. The van der Waals surface area contributed by atoms with E-state index in [1.54, 1.807) is 6.26 Å². The third kappa shape index (κ3) is 3.91. The van der Waals surface area contributed by atoms with Crippen molar-refractivity contribution in [1.82, 2.24) is 15.1 Å². The Morgan fingerprint density at radius 3 is 2.54 bits per heavy atom. The van der Waals surface area contributed by atoms with Crippen molar-refractivity contribution in [3.8, 4) is 0 Å². The number of hydrogen-bond donors (Lipinski definition) is 2. The molecule has 6 rings (SSSR count). The molecule has 1 aromatic rings. The Balaban J connectivity index is 1.19. The maximum Gasteiger partial charge on any atom is 0.335 e. The van der Waals surface area contributed by atoms with E-state index < -0.39 is 5.60 Å². The van der Waals surface area contributed by atoms with Crippen molar-refractivity contribution >= 4 is 6.03 Å². The van der Waals surface area contributed by atoms with E-state index >= 15 is 0 Å². The number of likely N-dealkylation sites (N-methyl/N-ethyl adjacent to an activating group) is 1. The van der Waals surface area contributed by atoms with E-state index in [-0.39, 0.29) is 40.4 Å². The van der Waals surface area contributed by atoms with Gasteiger partial charge in [0, 0.05) is 43.7 Å². The number of nitrogens with one attached hydrogen (secondary N) is 1. The summed E-state index contributed by atoms with van der Waals surface area (Å²) in [5.41, 5.74) is 1.41. The molecule has 2 heterocycles. The second-order valence-corrected chi connectivity index (χ2v) is 13.1. The molecule has 1 saturated heterocycles. The summed E-state index contributed by atoms with van der Waals surface area (Å²) < 4.78 is 5.22. The lowest BCUT2D eigenvalue weighted by Gasteiger charge is -2.62. The fourth-order valence-corrected chi connectivity index (χ4v) is 9.17. The zero-order valence-corrected chi connectivity index (χ0v) is 22.7. The van der Waals surface area contributed by atoms with Crippen LogP contribution in [-0.4, -0.2) is 65.8 Å². The van der Waals surface area contributed by atoms with Crippen LogP contribution in [0.3, 0.4) is 0 Å². The minimum atomic E-state index is -0.697. The number of fused-ring (bicyclic) bond motifs is 5. The van der Waals surface area contributed by atoms with E-state index in [0.717, 1.165) is 83.1 Å². The highest BCUT2D eigenvalue weighted by Crippen LogP contribution is 2.70. The maximum absolute atomic E-state index is 12.9. The summed E-state index contributed by atoms with van der Waals surface area (Å²) in [6, 6.07) is 3.60. The van der Waals surface area contributed by atoms with Crippen LogP contribution in [0, 0.1) is 22.7 Å². The van der Waals surface area contributed by atoms with Gasteiger partial charge in [-0.2, -0.15) is 0 Å². The van der Waals surface area contributed by atoms with E-state index in [0.29, 0.717) is 5.92 Å². The van der Waals surface area contributed by atoms with Gasteiger partial charge < -0.3 is 24.6 Å². The van der Waals surface area contributed by atoms with Gasteiger partial charge >= 0.3 is 11.7 Å². The monoisotopic (exact) mass is 509 g/mol. The molecule has 3 saturated carbocycles. The number of allylic oxidation sites excluding steroid dienone is 1. The normalized spacial score (nSPS) is 41.8. The number of carbonyl (C=O) groups excluding carboxylic acids is 1. The van der Waals surface area contributed by atoms with Crippen molar-refractivity contribution in [2.24, 2.45) is 22.7 Å². The predicted octanol–water partition coefficient (Wildman–Crippen LogP) is 4.13. The Kier molecular flexibility index (Phi) is 6.11. The fourth-order valence-electron chi connectivity index (χ4n) is 9.17. The average molecular weight is 510 g/mol. The number of nitrogens with zero attached hydrogens (tertiary/aromatic N) is 2. The molecule has 202 valence electrons. The predicted molar refractivity (Wildman–Crippen MR) is 142 cm³/mol. The van der Waals surface area contributed by atoms with Crippen molar-refractivity contribution in [2.45, 2.75) is 82.8 Å². The zero-order chi connectivity index (χ0) is 26.0. The van der Waals surface area contributed by atoms with E-state index in [1.807, 2.05) is 11.0 Å². The SMILES string of the molecule is CN1CCN(C(=O)N[C@@H]2C=C3CC[C@@H]4[C@H](CC[C@]5(C)[C@@H](c6ccc(=O)oc6)CC[C@]45O)[C@@]3(C)CC2)CC1. The van der Waals surface area contributed by atoms with Gasteiger partial charge in [-0.1, -0.05) is 25.5 Å². The van der Waals surface area contributed by atoms with Crippen LogP contribution < -0.4 is 10.9 Å². The summed E-state index contributed by atoms with van der Waals surface area (Å²) in [5, 5.41) is 15.7. The summed E-state index contributed by atoms with van der Waals surface area (Å²) in [6.45, 7) is 8.16. The van der Waals surface area contributed by atoms with Crippen LogP contribution in [0.15, 0.2) is 39.3 Å². The molecule has 2 amide bonds. The van der Waals surface area contributed by atoms with Gasteiger partial charge in [0.05, 0.1) is 11.9 Å². The number of urea groups is 1. The molecular weight excluding hydrogens is 466 g/mol. The molecule has 0 bridgehead atoms. The third-order valence-corrected chi connectivity index (χ3v) is 11.5. The molecule has 0 radical (unpaired) electrons. The van der Waals surface area contributed by atoms with Crippen molar-refractivity contribution < 1.29 is 14.3 Å². The highest BCUT2D eigenvalue weighted by Gasteiger charge is 2.66. The van der Waals surface area contributed by atoms with Crippen LogP contribution in [0.4, 0.5) is 4.79 Å². The Labute approximate surface area is 220 Å². The first-order valence-electron chi connectivity index (χ1n) is 14.4. The molecule has 1 aromatic heterocycles. The number of rotatable bonds is 2. The maximum atomic E-state index is 12.9. The summed E-state index contributed by atoms with van der Waals surface area (Å²) in [7, 11) is 2.11. The van der Waals surface area contributed by atoms with Gasteiger partial charge in [-0.25, -0.2) is 9.59 Å². The smallest absolute Gasteiger partial charge is 0.335 e. The van der Waals surface area contributed by atoms with E-state index in [2.05, 4.69) is 37.2 Å². The average Bonchev–Trinajstić information content (AvgIpc) is 3.16. The lowest BCUT2D eigenvalue weighted by atomic mass is 9.45. The first kappa shape index (κ1) is 25.2. The number of piperazine rings is 1. The van der Waals surface area contributed by atoms with Crippen LogP contribution in [0.5, 0.6) is 0 Å². The molecule has 4 fully saturated rings. The van der Waals surface area contributed by atoms with Crippen molar-refractivity contribution in [3.63, 3.8) is 0 Å². The standard InChI is InChI=1S/C30H43N3O4/c1-28-11-8-22(31-27(35)33-16-14-32(3)15-17-33)18-21(28)5-6-25-24(28)9-12-29(2)23(10-13-30(25,29)36)20-4-7-26(34)37-19-20/h4,7,18-19,22-25,36H,5-6,8-17H2,1-3H3,(H,31,35)/t22-,23+,24-,25+,28-,29+,30-/m0/s1. The molecule has 2 N–H and O–H groups in total. The van der Waals surface area contributed by atoms with Crippen LogP contribution >= 0.6 is 0 Å². The Morgan fingerprint density at radius 1 is 1.03 bits per heavy atom. The Hall–Kier alpha value is -2.12. The van der Waals surface area contributed by atoms with Crippen molar-refractivity contribution in [2.75, 3.05) is 33.2 Å². The molecule has 37 heavy (non-hydrogen) atoms. The minimum Gasteiger partial charge on any atom is -0.431 e. The topological polar surface area (TPSA) is 86.0 Å². The second kappa shape index (κ2) is 8.98. The lowest BCUT2D eigenvalue weighted by Crippen LogP contribution is -2.60. The minimum absolute atomic E-state index is 0.0729. The van der Waals surface area contributed by atoms with E-state index in [9.17, 15) is 14.7 Å². The van der Waals surface area contributed by atoms with Gasteiger partial charge in [-0.05, 0) is 93.2 Å². The highest BCUT2D eigenvalue weighted by molar-refractivity contribution is 5.75. The number of aliphatic hydroxyl groups is 1. The molecule has 0 unspecified atom stereocenters. The van der Waals surface area contributed by atoms with Gasteiger partial charge in [0.25, 0.3) is 0 Å². The summed E-state index contributed by atoms with van der Waals surface area (Å²) >= 11 is 0. The Bertz CT molecular complexity index is 1120. The molecule has 1 aliphatic heterocycles. The van der Waals surface area contributed by atoms with Gasteiger partial charge in [-0.3, -0.25) is 0 Å². The fraction of sp³-hybridized carbons (Fsp3) is 0.733. The van der Waals surface area contributed by atoms with Crippen LogP contribution in [0.1, 0.15) is 76.7 Å². The van der Waals surface area contributed by atoms with Gasteiger partial charge in [0.1, 0.15) is 0 Å².